The minimum absolute atomic E-state index is 0.0387. The lowest BCUT2D eigenvalue weighted by Crippen LogP contribution is -2.13. The standard InChI is InChI=1S/C18H22N2O4/c1-5-8-19-13(3)10-16(14(19)4)18(21)11-24-15-6-7-17(20(22)23)12(2)9-15/h6-7,9-10H,5,8,11H2,1-4H3. The second-order valence-corrected chi connectivity index (χ2v) is 5.85. The van der Waals surface area contributed by atoms with Gasteiger partial charge in [-0.25, -0.2) is 0 Å². The van der Waals surface area contributed by atoms with Gasteiger partial charge in [0.25, 0.3) is 5.69 Å². The molecule has 0 bridgehead atoms. The number of hydrogen-bond acceptors (Lipinski definition) is 4. The fourth-order valence-corrected chi connectivity index (χ4v) is 2.80. The number of aromatic nitrogens is 1. The highest BCUT2D eigenvalue weighted by Crippen LogP contribution is 2.23. The number of aryl methyl sites for hydroxylation is 2. The predicted octanol–water partition coefficient (Wildman–Crippen LogP) is 3.99. The van der Waals surface area contributed by atoms with Gasteiger partial charge in [0.05, 0.1) is 4.92 Å². The highest BCUT2D eigenvalue weighted by molar-refractivity contribution is 5.98. The van der Waals surface area contributed by atoms with E-state index in [1.807, 2.05) is 19.9 Å². The summed E-state index contributed by atoms with van der Waals surface area (Å²) in [6, 6.07) is 6.37. The van der Waals surface area contributed by atoms with E-state index in [1.165, 1.54) is 12.1 Å². The van der Waals surface area contributed by atoms with Crippen LogP contribution in [0.3, 0.4) is 0 Å². The Hall–Kier alpha value is -2.63. The van der Waals surface area contributed by atoms with Gasteiger partial charge >= 0.3 is 0 Å². The Morgan fingerprint density at radius 3 is 2.54 bits per heavy atom. The number of carbonyl (C=O) groups is 1. The van der Waals surface area contributed by atoms with Crippen molar-refractivity contribution in [3.05, 3.63) is 56.9 Å². The molecule has 0 saturated carbocycles. The van der Waals surface area contributed by atoms with Crippen LogP contribution in [0.15, 0.2) is 24.3 Å². The summed E-state index contributed by atoms with van der Waals surface area (Å²) in [5, 5.41) is 10.8. The van der Waals surface area contributed by atoms with Crippen LogP contribution in [0.25, 0.3) is 0 Å². The molecule has 6 heteroatoms. The van der Waals surface area contributed by atoms with Crippen LogP contribution in [-0.2, 0) is 6.54 Å². The molecule has 0 fully saturated rings. The molecule has 1 aromatic carbocycles. The lowest BCUT2D eigenvalue weighted by Gasteiger charge is -2.09. The van der Waals surface area contributed by atoms with Crippen LogP contribution in [0.4, 0.5) is 5.69 Å². The maximum Gasteiger partial charge on any atom is 0.272 e. The zero-order valence-electron chi connectivity index (χ0n) is 14.5. The molecule has 2 rings (SSSR count). The molecule has 128 valence electrons. The van der Waals surface area contributed by atoms with Crippen LogP contribution < -0.4 is 4.74 Å². The number of rotatable bonds is 7. The number of carbonyl (C=O) groups excluding carboxylic acids is 1. The number of nitrogens with zero attached hydrogens (tertiary/aromatic N) is 2. The first-order chi connectivity index (χ1) is 11.3. The van der Waals surface area contributed by atoms with Crippen molar-refractivity contribution in [1.29, 1.82) is 0 Å². The minimum Gasteiger partial charge on any atom is -0.485 e. The highest BCUT2D eigenvalue weighted by atomic mass is 16.6. The molecular weight excluding hydrogens is 308 g/mol. The van der Waals surface area contributed by atoms with Crippen molar-refractivity contribution in [3.63, 3.8) is 0 Å². The molecule has 0 saturated heterocycles. The number of ketones is 1. The first kappa shape index (κ1) is 17.7. The van der Waals surface area contributed by atoms with Crippen molar-refractivity contribution in [2.75, 3.05) is 6.61 Å². The number of nitro benzene ring substituents is 1. The summed E-state index contributed by atoms with van der Waals surface area (Å²) < 4.78 is 7.65. The van der Waals surface area contributed by atoms with E-state index in [4.69, 9.17) is 4.74 Å². The van der Waals surface area contributed by atoms with Gasteiger partial charge in [0.1, 0.15) is 5.75 Å². The van der Waals surface area contributed by atoms with E-state index in [9.17, 15) is 14.9 Å². The molecule has 0 spiro atoms. The normalized spacial score (nSPS) is 10.7. The molecule has 0 radical (unpaired) electrons. The van der Waals surface area contributed by atoms with Crippen molar-refractivity contribution in [3.8, 4) is 5.75 Å². The fraction of sp³-hybridized carbons (Fsp3) is 0.389. The van der Waals surface area contributed by atoms with Crippen molar-refractivity contribution in [1.82, 2.24) is 4.57 Å². The van der Waals surface area contributed by atoms with Crippen LogP contribution in [0.5, 0.6) is 5.75 Å². The molecular formula is C18H22N2O4. The molecule has 1 aromatic heterocycles. The molecule has 0 aliphatic heterocycles. The van der Waals surface area contributed by atoms with Crippen LogP contribution >= 0.6 is 0 Å². The van der Waals surface area contributed by atoms with Gasteiger partial charge in [0, 0.05) is 35.1 Å². The third kappa shape index (κ3) is 3.64. The van der Waals surface area contributed by atoms with Gasteiger partial charge in [0.15, 0.2) is 6.61 Å². The molecule has 24 heavy (non-hydrogen) atoms. The van der Waals surface area contributed by atoms with E-state index in [-0.39, 0.29) is 18.1 Å². The SMILES string of the molecule is CCCn1c(C)cc(C(=O)COc2ccc([N+](=O)[O-])c(C)c2)c1C. The number of hydrogen-bond donors (Lipinski definition) is 0. The van der Waals surface area contributed by atoms with E-state index < -0.39 is 4.92 Å². The van der Waals surface area contributed by atoms with Gasteiger partial charge in [-0.15, -0.1) is 0 Å². The summed E-state index contributed by atoms with van der Waals surface area (Å²) in [6.45, 7) is 8.46. The lowest BCUT2D eigenvalue weighted by atomic mass is 10.1. The fourth-order valence-electron chi connectivity index (χ4n) is 2.80. The zero-order valence-corrected chi connectivity index (χ0v) is 14.5. The summed E-state index contributed by atoms with van der Waals surface area (Å²) in [7, 11) is 0. The van der Waals surface area contributed by atoms with Gasteiger partial charge in [-0.1, -0.05) is 6.92 Å². The minimum atomic E-state index is -0.438. The van der Waals surface area contributed by atoms with Gasteiger partial charge < -0.3 is 9.30 Å². The lowest BCUT2D eigenvalue weighted by molar-refractivity contribution is -0.385. The molecule has 0 amide bonds. The van der Waals surface area contributed by atoms with Crippen LogP contribution in [0.2, 0.25) is 0 Å². The van der Waals surface area contributed by atoms with E-state index in [2.05, 4.69) is 11.5 Å². The molecule has 2 aromatic rings. The third-order valence-corrected chi connectivity index (χ3v) is 4.06. The van der Waals surface area contributed by atoms with Gasteiger partial charge in [-0.2, -0.15) is 0 Å². The van der Waals surface area contributed by atoms with E-state index in [1.54, 1.807) is 13.0 Å². The van der Waals surface area contributed by atoms with E-state index in [0.717, 1.165) is 24.4 Å². The van der Waals surface area contributed by atoms with E-state index in [0.29, 0.717) is 16.9 Å². The van der Waals surface area contributed by atoms with Crippen molar-refractivity contribution in [2.45, 2.75) is 40.7 Å². The maximum absolute atomic E-state index is 12.4. The van der Waals surface area contributed by atoms with Crippen LogP contribution in [-0.4, -0.2) is 21.9 Å². The van der Waals surface area contributed by atoms with Gasteiger partial charge in [-0.05, 0) is 45.4 Å². The zero-order chi connectivity index (χ0) is 17.9. The van der Waals surface area contributed by atoms with Gasteiger partial charge in [0.2, 0.25) is 5.78 Å². The molecule has 0 atom stereocenters. The van der Waals surface area contributed by atoms with E-state index >= 15 is 0 Å². The Labute approximate surface area is 141 Å². The molecule has 0 aliphatic rings. The highest BCUT2D eigenvalue weighted by Gasteiger charge is 2.16. The average Bonchev–Trinajstić information content (AvgIpc) is 2.81. The number of Topliss-reactive ketones (excluding diaryl/α,β-unsaturated/α-hetero) is 1. The van der Waals surface area contributed by atoms with Crippen LogP contribution in [0.1, 0.15) is 40.7 Å². The number of nitro groups is 1. The summed E-state index contributed by atoms with van der Waals surface area (Å²) >= 11 is 0. The van der Waals surface area contributed by atoms with Crippen molar-refractivity contribution >= 4 is 11.5 Å². The smallest absolute Gasteiger partial charge is 0.272 e. The Bertz CT molecular complexity index is 778. The van der Waals surface area contributed by atoms with Crippen molar-refractivity contribution in [2.24, 2.45) is 0 Å². The monoisotopic (exact) mass is 330 g/mol. The molecule has 0 N–H and O–H groups in total. The third-order valence-electron chi connectivity index (χ3n) is 4.06. The summed E-state index contributed by atoms with van der Waals surface area (Å²) in [5.41, 5.74) is 3.22. The quantitative estimate of drug-likeness (QED) is 0.437. The van der Waals surface area contributed by atoms with Crippen LogP contribution in [0, 0.1) is 30.9 Å². The molecule has 1 heterocycles. The molecule has 0 aliphatic carbocycles. The maximum atomic E-state index is 12.4. The first-order valence-electron chi connectivity index (χ1n) is 7.93. The topological polar surface area (TPSA) is 74.4 Å². The summed E-state index contributed by atoms with van der Waals surface area (Å²) in [5.74, 6) is 0.357. The Kier molecular flexibility index (Phi) is 5.39. The largest absolute Gasteiger partial charge is 0.485 e. The Morgan fingerprint density at radius 1 is 1.25 bits per heavy atom. The predicted molar refractivity (Wildman–Crippen MR) is 91.9 cm³/mol. The average molecular weight is 330 g/mol. The van der Waals surface area contributed by atoms with Crippen molar-refractivity contribution < 1.29 is 14.5 Å². The second-order valence-electron chi connectivity index (χ2n) is 5.85. The van der Waals surface area contributed by atoms with Gasteiger partial charge in [-0.3, -0.25) is 14.9 Å². The number of ether oxygens (including phenoxy) is 1. The Balaban J connectivity index is 2.10. The summed E-state index contributed by atoms with van der Waals surface area (Å²) in [4.78, 5) is 22.8. The molecule has 0 unspecified atom stereocenters. The summed E-state index contributed by atoms with van der Waals surface area (Å²) in [6.07, 6.45) is 1.00. The first-order valence-corrected chi connectivity index (χ1v) is 7.93. The molecule has 6 nitrogen and oxygen atoms in total. The Morgan fingerprint density at radius 2 is 1.96 bits per heavy atom. The number of benzene rings is 1. The second kappa shape index (κ2) is 7.29.